The van der Waals surface area contributed by atoms with Crippen LogP contribution in [0, 0.1) is 0 Å². The quantitative estimate of drug-likeness (QED) is 0.237. The highest BCUT2D eigenvalue weighted by Crippen LogP contribution is 2.40. The van der Waals surface area contributed by atoms with E-state index in [4.69, 9.17) is 4.42 Å². The smallest absolute Gasteiger partial charge is 0.295 e. The molecule has 35 heavy (non-hydrogen) atoms. The fourth-order valence-electron chi connectivity index (χ4n) is 5.47. The van der Waals surface area contributed by atoms with Gasteiger partial charge in [-0.1, -0.05) is 30.3 Å². The molecule has 1 saturated heterocycles. The SMILES string of the molecule is O=C1C(=O)N(CCc2c[nH]c3ccccc23)C(c2ccco2)/C1=C(/O)c1ccc2c(c1)CCCC2. The van der Waals surface area contributed by atoms with E-state index in [2.05, 4.69) is 4.98 Å². The maximum Gasteiger partial charge on any atom is 0.295 e. The highest BCUT2D eigenvalue weighted by atomic mass is 16.3. The number of rotatable bonds is 5. The van der Waals surface area contributed by atoms with Gasteiger partial charge in [-0.25, -0.2) is 0 Å². The number of H-pyrrole nitrogens is 1. The third kappa shape index (κ3) is 3.66. The fourth-order valence-corrected chi connectivity index (χ4v) is 5.47. The van der Waals surface area contributed by atoms with Gasteiger partial charge >= 0.3 is 0 Å². The molecule has 6 nitrogen and oxygen atoms in total. The molecule has 176 valence electrons. The molecule has 1 aliphatic heterocycles. The third-order valence-corrected chi connectivity index (χ3v) is 7.27. The van der Waals surface area contributed by atoms with Gasteiger partial charge in [0.1, 0.15) is 17.6 Å². The fraction of sp³-hybridized carbons (Fsp3) is 0.241. The average molecular weight is 467 g/mol. The van der Waals surface area contributed by atoms with E-state index in [1.54, 1.807) is 12.1 Å². The van der Waals surface area contributed by atoms with Crippen LogP contribution in [0.3, 0.4) is 0 Å². The largest absolute Gasteiger partial charge is 0.507 e. The lowest BCUT2D eigenvalue weighted by Crippen LogP contribution is -2.31. The van der Waals surface area contributed by atoms with E-state index in [-0.39, 0.29) is 11.3 Å². The molecule has 2 aromatic heterocycles. The van der Waals surface area contributed by atoms with Gasteiger partial charge in [-0.2, -0.15) is 0 Å². The molecule has 1 fully saturated rings. The van der Waals surface area contributed by atoms with Crippen LogP contribution in [0.1, 0.15) is 46.9 Å². The Balaban J connectivity index is 1.38. The molecule has 6 heteroatoms. The summed E-state index contributed by atoms with van der Waals surface area (Å²) >= 11 is 0. The van der Waals surface area contributed by atoms with Gasteiger partial charge in [-0.15, -0.1) is 0 Å². The molecule has 1 atom stereocenters. The van der Waals surface area contributed by atoms with Crippen molar-refractivity contribution in [1.82, 2.24) is 9.88 Å². The van der Waals surface area contributed by atoms with Crippen LogP contribution < -0.4 is 0 Å². The first-order chi connectivity index (χ1) is 17.1. The Morgan fingerprint density at radius 1 is 1.03 bits per heavy atom. The standard InChI is InChI=1S/C29H26N2O4/c32-27(20-12-11-18-6-1-2-7-19(18)16-20)25-26(24-10-5-15-35-24)31(29(34)28(25)33)14-13-21-17-30-23-9-4-3-8-22(21)23/h3-5,8-12,15-17,26,30,32H,1-2,6-7,13-14H2/b27-25-. The van der Waals surface area contributed by atoms with Gasteiger partial charge in [-0.3, -0.25) is 9.59 Å². The van der Waals surface area contributed by atoms with Gasteiger partial charge in [0, 0.05) is 29.2 Å². The number of furan rings is 1. The first-order valence-electron chi connectivity index (χ1n) is 12.1. The molecule has 4 aromatic rings. The maximum absolute atomic E-state index is 13.2. The van der Waals surface area contributed by atoms with E-state index in [0.29, 0.717) is 24.3 Å². The molecule has 6 rings (SSSR count). The number of likely N-dealkylation sites (tertiary alicyclic amines) is 1. The minimum absolute atomic E-state index is 0.0830. The lowest BCUT2D eigenvalue weighted by atomic mass is 9.89. The van der Waals surface area contributed by atoms with E-state index in [1.807, 2.05) is 48.7 Å². The number of para-hydroxylation sites is 1. The van der Waals surface area contributed by atoms with Gasteiger partial charge < -0.3 is 19.4 Å². The summed E-state index contributed by atoms with van der Waals surface area (Å²) in [7, 11) is 0. The summed E-state index contributed by atoms with van der Waals surface area (Å²) in [6.45, 7) is 0.318. The highest BCUT2D eigenvalue weighted by molar-refractivity contribution is 6.46. The summed E-state index contributed by atoms with van der Waals surface area (Å²) in [4.78, 5) is 31.2. The molecule has 0 saturated carbocycles. The van der Waals surface area contributed by atoms with E-state index >= 15 is 0 Å². The third-order valence-electron chi connectivity index (χ3n) is 7.27. The summed E-state index contributed by atoms with van der Waals surface area (Å²) in [5, 5.41) is 12.4. The van der Waals surface area contributed by atoms with Crippen molar-refractivity contribution >= 4 is 28.4 Å². The zero-order valence-electron chi connectivity index (χ0n) is 19.3. The normalized spacial score (nSPS) is 19.4. The van der Waals surface area contributed by atoms with Gasteiger partial charge in [0.15, 0.2) is 0 Å². The number of carbonyl (C=O) groups is 2. The van der Waals surface area contributed by atoms with Crippen LogP contribution in [0.5, 0.6) is 0 Å². The van der Waals surface area contributed by atoms with Crippen LogP contribution in [0.15, 0.2) is 77.0 Å². The van der Waals surface area contributed by atoms with Crippen molar-refractivity contribution in [3.8, 4) is 0 Å². The predicted molar refractivity (Wildman–Crippen MR) is 133 cm³/mol. The van der Waals surface area contributed by atoms with Crippen molar-refractivity contribution in [2.45, 2.75) is 38.1 Å². The van der Waals surface area contributed by atoms with E-state index in [1.165, 1.54) is 28.7 Å². The Bertz CT molecular complexity index is 1460. The number of Topliss-reactive ketones (excluding diaryl/α,β-unsaturated/α-hetero) is 1. The van der Waals surface area contributed by atoms with E-state index < -0.39 is 17.7 Å². The van der Waals surface area contributed by atoms with Crippen molar-refractivity contribution in [1.29, 1.82) is 0 Å². The number of hydrogen-bond donors (Lipinski definition) is 2. The van der Waals surface area contributed by atoms with Gasteiger partial charge in [0.2, 0.25) is 0 Å². The minimum Gasteiger partial charge on any atom is -0.507 e. The number of aromatic nitrogens is 1. The topological polar surface area (TPSA) is 86.5 Å². The van der Waals surface area contributed by atoms with Gasteiger partial charge in [-0.05, 0) is 73.1 Å². The molecule has 0 spiro atoms. The maximum atomic E-state index is 13.2. The molecule has 2 N–H and O–H groups in total. The number of ketones is 1. The molecule has 2 aromatic carbocycles. The van der Waals surface area contributed by atoms with Crippen molar-refractivity contribution in [3.63, 3.8) is 0 Å². The van der Waals surface area contributed by atoms with Crippen LogP contribution in [0.2, 0.25) is 0 Å². The van der Waals surface area contributed by atoms with Crippen LogP contribution >= 0.6 is 0 Å². The first kappa shape index (κ1) is 21.5. The lowest BCUT2D eigenvalue weighted by Gasteiger charge is -2.23. The lowest BCUT2D eigenvalue weighted by molar-refractivity contribution is -0.140. The molecule has 1 aliphatic carbocycles. The number of nitrogens with zero attached hydrogens (tertiary/aromatic N) is 1. The molecule has 1 amide bonds. The van der Waals surface area contributed by atoms with Crippen LogP contribution in [0.4, 0.5) is 0 Å². The van der Waals surface area contributed by atoms with Crippen molar-refractivity contribution in [2.24, 2.45) is 0 Å². The molecule has 3 heterocycles. The Kier molecular flexibility index (Phi) is 5.29. The molecule has 0 bridgehead atoms. The summed E-state index contributed by atoms with van der Waals surface area (Å²) in [5.74, 6) is -0.985. The Labute approximate surface area is 202 Å². The number of nitrogens with one attached hydrogen (secondary N) is 1. The van der Waals surface area contributed by atoms with Crippen LogP contribution in [-0.4, -0.2) is 33.2 Å². The Morgan fingerprint density at radius 3 is 2.69 bits per heavy atom. The van der Waals surface area contributed by atoms with Gasteiger partial charge in [0.05, 0.1) is 11.8 Å². The summed E-state index contributed by atoms with van der Waals surface area (Å²) in [6, 6.07) is 16.5. The molecule has 2 aliphatic rings. The number of hydrogen-bond acceptors (Lipinski definition) is 4. The first-order valence-corrected chi connectivity index (χ1v) is 12.1. The minimum atomic E-state index is -0.772. The van der Waals surface area contributed by atoms with Crippen LogP contribution in [0.25, 0.3) is 16.7 Å². The second-order valence-electron chi connectivity index (χ2n) is 9.31. The van der Waals surface area contributed by atoms with Crippen molar-refractivity contribution in [3.05, 3.63) is 101 Å². The van der Waals surface area contributed by atoms with Crippen molar-refractivity contribution < 1.29 is 19.1 Å². The van der Waals surface area contributed by atoms with E-state index in [9.17, 15) is 14.7 Å². The number of aliphatic hydroxyl groups is 1. The number of aryl methyl sites for hydroxylation is 2. The van der Waals surface area contributed by atoms with E-state index in [0.717, 1.165) is 35.7 Å². The monoisotopic (exact) mass is 466 g/mol. The number of fused-ring (bicyclic) bond motifs is 2. The number of benzene rings is 2. The molecule has 0 radical (unpaired) electrons. The summed E-state index contributed by atoms with van der Waals surface area (Å²) in [5.41, 5.74) is 5.23. The van der Waals surface area contributed by atoms with Gasteiger partial charge in [0.25, 0.3) is 11.7 Å². The summed E-state index contributed by atoms with van der Waals surface area (Å²) < 4.78 is 5.66. The Morgan fingerprint density at radius 2 is 1.86 bits per heavy atom. The number of aromatic amines is 1. The number of carbonyl (C=O) groups excluding carboxylic acids is 2. The Hall–Kier alpha value is -4.06. The zero-order chi connectivity index (χ0) is 23.9. The zero-order valence-corrected chi connectivity index (χ0v) is 19.3. The molecule has 1 unspecified atom stereocenters. The number of amides is 1. The van der Waals surface area contributed by atoms with Crippen molar-refractivity contribution in [2.75, 3.05) is 6.54 Å². The number of aliphatic hydroxyl groups excluding tert-OH is 1. The highest BCUT2D eigenvalue weighted by Gasteiger charge is 2.47. The summed E-state index contributed by atoms with van der Waals surface area (Å²) in [6.07, 6.45) is 8.29. The molecular formula is C29H26N2O4. The average Bonchev–Trinajstić information content (AvgIpc) is 3.62. The predicted octanol–water partition coefficient (Wildman–Crippen LogP) is 5.30. The van der Waals surface area contributed by atoms with Crippen LogP contribution in [-0.2, 0) is 28.9 Å². The second-order valence-corrected chi connectivity index (χ2v) is 9.31. The molecular weight excluding hydrogens is 440 g/mol. The second kappa shape index (κ2) is 8.62.